The molecule has 1 aliphatic rings. The molecule has 0 spiro atoms. The van der Waals surface area contributed by atoms with E-state index in [-0.39, 0.29) is 5.91 Å². The highest BCUT2D eigenvalue weighted by Gasteiger charge is 2.19. The zero-order valence-electron chi connectivity index (χ0n) is 14.5. The number of benzene rings is 2. The van der Waals surface area contributed by atoms with Crippen LogP contribution in [0.25, 0.3) is 0 Å². The minimum absolute atomic E-state index is 0.0585. The molecule has 4 heteroatoms. The number of nitrogens with one attached hydrogen (secondary N) is 1. The van der Waals surface area contributed by atoms with Gasteiger partial charge in [-0.3, -0.25) is 9.69 Å². The van der Waals surface area contributed by atoms with Crippen LogP contribution in [0.2, 0.25) is 0 Å². The van der Waals surface area contributed by atoms with Crippen LogP contribution in [0, 0.1) is 13.8 Å². The number of rotatable bonds is 4. The number of carbonyl (C=O) groups excluding carboxylic acids is 1. The van der Waals surface area contributed by atoms with Gasteiger partial charge in [0.05, 0.1) is 6.54 Å². The quantitative estimate of drug-likeness (QED) is 0.939. The molecule has 0 aromatic heterocycles. The molecular weight excluding hydrogens is 298 g/mol. The fourth-order valence-electron chi connectivity index (χ4n) is 3.11. The van der Waals surface area contributed by atoms with Gasteiger partial charge < -0.3 is 10.2 Å². The summed E-state index contributed by atoms with van der Waals surface area (Å²) in [5.41, 5.74) is 4.67. The van der Waals surface area contributed by atoms with Gasteiger partial charge in [-0.15, -0.1) is 0 Å². The monoisotopic (exact) mass is 323 g/mol. The van der Waals surface area contributed by atoms with Gasteiger partial charge in [0.1, 0.15) is 0 Å². The van der Waals surface area contributed by atoms with E-state index >= 15 is 0 Å². The van der Waals surface area contributed by atoms with E-state index in [1.807, 2.05) is 31.2 Å². The Kier molecular flexibility index (Phi) is 5.16. The van der Waals surface area contributed by atoms with Crippen LogP contribution in [-0.2, 0) is 4.79 Å². The average molecular weight is 323 g/mol. The van der Waals surface area contributed by atoms with Gasteiger partial charge in [-0.2, -0.15) is 0 Å². The van der Waals surface area contributed by atoms with E-state index in [2.05, 4.69) is 46.3 Å². The minimum Gasteiger partial charge on any atom is -0.369 e. The van der Waals surface area contributed by atoms with Crippen molar-refractivity contribution in [3.8, 4) is 0 Å². The predicted octanol–water partition coefficient (Wildman–Crippen LogP) is 3.06. The predicted molar refractivity (Wildman–Crippen MR) is 99.6 cm³/mol. The van der Waals surface area contributed by atoms with E-state index in [9.17, 15) is 4.79 Å². The third-order valence-corrected chi connectivity index (χ3v) is 4.53. The lowest BCUT2D eigenvalue weighted by molar-refractivity contribution is -0.117. The Balaban J connectivity index is 1.49. The second-order valence-electron chi connectivity index (χ2n) is 6.46. The van der Waals surface area contributed by atoms with Crippen molar-refractivity contribution in [2.75, 3.05) is 42.9 Å². The number of hydrogen-bond acceptors (Lipinski definition) is 3. The van der Waals surface area contributed by atoms with Crippen molar-refractivity contribution >= 4 is 17.3 Å². The Morgan fingerprint density at radius 1 is 0.958 bits per heavy atom. The lowest BCUT2D eigenvalue weighted by Crippen LogP contribution is -2.48. The van der Waals surface area contributed by atoms with Crippen molar-refractivity contribution in [2.24, 2.45) is 0 Å². The van der Waals surface area contributed by atoms with Crippen molar-refractivity contribution in [1.29, 1.82) is 0 Å². The molecule has 2 aromatic rings. The first-order valence-electron chi connectivity index (χ1n) is 8.51. The molecule has 0 saturated carbocycles. The normalized spacial score (nSPS) is 15.3. The molecule has 2 aromatic carbocycles. The molecule has 1 aliphatic heterocycles. The summed E-state index contributed by atoms with van der Waals surface area (Å²) >= 11 is 0. The molecule has 1 N–H and O–H groups in total. The fraction of sp³-hybridized carbons (Fsp3) is 0.350. The molecular formula is C20H25N3O. The highest BCUT2D eigenvalue weighted by Crippen LogP contribution is 2.20. The molecule has 0 aliphatic carbocycles. The van der Waals surface area contributed by atoms with Gasteiger partial charge in [-0.1, -0.05) is 35.9 Å². The molecule has 0 bridgehead atoms. The molecule has 0 atom stereocenters. The SMILES string of the molecule is Cc1ccc(NC(=O)CN2CCN(c3ccccc3C)CC2)cc1. The number of nitrogens with zero attached hydrogens (tertiary/aromatic N) is 2. The molecule has 0 radical (unpaired) electrons. The van der Waals surface area contributed by atoms with E-state index in [4.69, 9.17) is 0 Å². The Hall–Kier alpha value is -2.33. The molecule has 24 heavy (non-hydrogen) atoms. The number of anilines is 2. The standard InChI is InChI=1S/C20H25N3O/c1-16-7-9-18(10-8-16)21-20(24)15-22-11-13-23(14-12-22)19-6-4-3-5-17(19)2/h3-10H,11-15H2,1-2H3,(H,21,24). The first-order valence-corrected chi connectivity index (χ1v) is 8.51. The summed E-state index contributed by atoms with van der Waals surface area (Å²) in [5, 5.41) is 2.97. The number of hydrogen-bond donors (Lipinski definition) is 1. The summed E-state index contributed by atoms with van der Waals surface area (Å²) < 4.78 is 0. The highest BCUT2D eigenvalue weighted by atomic mass is 16.2. The van der Waals surface area contributed by atoms with Gasteiger partial charge in [0.15, 0.2) is 0 Å². The Labute approximate surface area is 144 Å². The van der Waals surface area contributed by atoms with Crippen molar-refractivity contribution in [1.82, 2.24) is 4.90 Å². The molecule has 4 nitrogen and oxygen atoms in total. The topological polar surface area (TPSA) is 35.6 Å². The second kappa shape index (κ2) is 7.49. The van der Waals surface area contributed by atoms with Gasteiger partial charge in [-0.25, -0.2) is 0 Å². The van der Waals surface area contributed by atoms with Gasteiger partial charge >= 0.3 is 0 Å². The van der Waals surface area contributed by atoms with Crippen LogP contribution < -0.4 is 10.2 Å². The smallest absolute Gasteiger partial charge is 0.238 e. The maximum Gasteiger partial charge on any atom is 0.238 e. The average Bonchev–Trinajstić information content (AvgIpc) is 2.58. The first kappa shape index (κ1) is 16.5. The van der Waals surface area contributed by atoms with E-state index in [1.165, 1.54) is 16.8 Å². The van der Waals surface area contributed by atoms with Crippen LogP contribution >= 0.6 is 0 Å². The number of aryl methyl sites for hydroxylation is 2. The van der Waals surface area contributed by atoms with Crippen LogP contribution in [0.15, 0.2) is 48.5 Å². The summed E-state index contributed by atoms with van der Waals surface area (Å²) in [5.74, 6) is 0.0585. The van der Waals surface area contributed by atoms with Gasteiger partial charge in [-0.05, 0) is 37.6 Å². The summed E-state index contributed by atoms with van der Waals surface area (Å²) in [6.45, 7) is 8.39. The molecule has 3 rings (SSSR count). The maximum absolute atomic E-state index is 12.2. The van der Waals surface area contributed by atoms with Crippen LogP contribution in [0.1, 0.15) is 11.1 Å². The van der Waals surface area contributed by atoms with Crippen LogP contribution in [0.3, 0.4) is 0 Å². The van der Waals surface area contributed by atoms with E-state index in [1.54, 1.807) is 0 Å². The maximum atomic E-state index is 12.2. The molecule has 1 heterocycles. The summed E-state index contributed by atoms with van der Waals surface area (Å²) in [4.78, 5) is 16.8. The van der Waals surface area contributed by atoms with Gasteiger partial charge in [0, 0.05) is 37.6 Å². The van der Waals surface area contributed by atoms with E-state index in [0.717, 1.165) is 31.9 Å². The zero-order valence-corrected chi connectivity index (χ0v) is 14.5. The second-order valence-corrected chi connectivity index (χ2v) is 6.46. The third kappa shape index (κ3) is 4.15. The van der Waals surface area contributed by atoms with Gasteiger partial charge in [0.2, 0.25) is 5.91 Å². The summed E-state index contributed by atoms with van der Waals surface area (Å²) in [7, 11) is 0. The number of para-hydroxylation sites is 1. The Bertz CT molecular complexity index is 688. The number of piperazine rings is 1. The molecule has 1 amide bonds. The highest BCUT2D eigenvalue weighted by molar-refractivity contribution is 5.92. The summed E-state index contributed by atoms with van der Waals surface area (Å²) in [6, 6.07) is 16.4. The van der Waals surface area contributed by atoms with E-state index in [0.29, 0.717) is 6.54 Å². The number of carbonyl (C=O) groups is 1. The lowest BCUT2D eigenvalue weighted by Gasteiger charge is -2.36. The Morgan fingerprint density at radius 3 is 2.29 bits per heavy atom. The zero-order chi connectivity index (χ0) is 16.9. The largest absolute Gasteiger partial charge is 0.369 e. The molecule has 1 fully saturated rings. The first-order chi connectivity index (χ1) is 11.6. The number of amides is 1. The minimum atomic E-state index is 0.0585. The van der Waals surface area contributed by atoms with Crippen molar-refractivity contribution in [2.45, 2.75) is 13.8 Å². The lowest BCUT2D eigenvalue weighted by atomic mass is 10.1. The third-order valence-electron chi connectivity index (χ3n) is 4.53. The van der Waals surface area contributed by atoms with Crippen LogP contribution in [-0.4, -0.2) is 43.5 Å². The van der Waals surface area contributed by atoms with Crippen molar-refractivity contribution in [3.63, 3.8) is 0 Å². The van der Waals surface area contributed by atoms with Crippen molar-refractivity contribution < 1.29 is 4.79 Å². The molecule has 1 saturated heterocycles. The fourth-order valence-corrected chi connectivity index (χ4v) is 3.11. The van der Waals surface area contributed by atoms with E-state index < -0.39 is 0 Å². The van der Waals surface area contributed by atoms with Crippen LogP contribution in [0.5, 0.6) is 0 Å². The Morgan fingerprint density at radius 2 is 1.62 bits per heavy atom. The van der Waals surface area contributed by atoms with Crippen molar-refractivity contribution in [3.05, 3.63) is 59.7 Å². The summed E-state index contributed by atoms with van der Waals surface area (Å²) in [6.07, 6.45) is 0. The van der Waals surface area contributed by atoms with Crippen LogP contribution in [0.4, 0.5) is 11.4 Å². The molecule has 0 unspecified atom stereocenters. The van der Waals surface area contributed by atoms with Gasteiger partial charge in [0.25, 0.3) is 0 Å². The molecule has 126 valence electrons.